The van der Waals surface area contributed by atoms with Crippen LogP contribution in [0.1, 0.15) is 24.1 Å². The highest BCUT2D eigenvalue weighted by atomic mass is 32.1. The Bertz CT molecular complexity index is 1830. The van der Waals surface area contributed by atoms with E-state index in [1.165, 1.54) is 23.3 Å². The molecule has 0 aliphatic carbocycles. The summed E-state index contributed by atoms with van der Waals surface area (Å²) < 4.78 is 17.8. The number of aliphatic hydroxyl groups is 1. The summed E-state index contributed by atoms with van der Waals surface area (Å²) in [7, 11) is 1.51. The van der Waals surface area contributed by atoms with Gasteiger partial charge in [-0.1, -0.05) is 53.8 Å². The number of anilines is 1. The second-order valence-corrected chi connectivity index (χ2v) is 10.5. The molecule has 1 aliphatic rings. The molecule has 2 heterocycles. The third-order valence-electron chi connectivity index (χ3n) is 6.81. The minimum Gasteiger partial charge on any atom is -0.507 e. The number of nitrogens with zero attached hydrogens (tertiary/aromatic N) is 2. The number of aromatic nitrogens is 1. The van der Waals surface area contributed by atoms with Crippen LogP contribution in [-0.4, -0.2) is 35.5 Å². The van der Waals surface area contributed by atoms with Crippen LogP contribution in [0, 0.1) is 0 Å². The number of benzene rings is 4. The lowest BCUT2D eigenvalue weighted by atomic mass is 9.95. The average Bonchev–Trinajstić information content (AvgIpc) is 3.55. The summed E-state index contributed by atoms with van der Waals surface area (Å²) in [6.45, 7) is 2.41. The molecule has 0 saturated carbocycles. The van der Waals surface area contributed by atoms with Crippen molar-refractivity contribution in [3.05, 3.63) is 114 Å². The quantitative estimate of drug-likeness (QED) is 0.119. The van der Waals surface area contributed by atoms with Crippen LogP contribution in [0.25, 0.3) is 16.0 Å². The van der Waals surface area contributed by atoms with Gasteiger partial charge in [0, 0.05) is 5.56 Å². The molecule has 6 rings (SSSR count). The SMILES string of the molecule is CCOc1ccc2nc(N3C(=O)C(=O)C(=C(O)c4cccc(OC)c4)C3c3cccc(Oc4ccccc4)c3)sc2c1. The number of carbonyl (C=O) groups is 2. The summed E-state index contributed by atoms with van der Waals surface area (Å²) in [6.07, 6.45) is 0. The zero-order valence-electron chi connectivity index (χ0n) is 22.8. The van der Waals surface area contributed by atoms with E-state index in [9.17, 15) is 14.7 Å². The zero-order chi connectivity index (χ0) is 29.2. The van der Waals surface area contributed by atoms with E-state index in [1.807, 2.05) is 55.5 Å². The molecule has 8 nitrogen and oxygen atoms in total. The smallest absolute Gasteiger partial charge is 0.301 e. The fourth-order valence-electron chi connectivity index (χ4n) is 4.90. The van der Waals surface area contributed by atoms with E-state index in [4.69, 9.17) is 19.2 Å². The second-order valence-electron chi connectivity index (χ2n) is 9.45. The summed E-state index contributed by atoms with van der Waals surface area (Å²) >= 11 is 1.27. The first-order chi connectivity index (χ1) is 20.5. The number of ether oxygens (including phenoxy) is 3. The normalized spacial score (nSPS) is 16.1. The van der Waals surface area contributed by atoms with Crippen molar-refractivity contribution < 1.29 is 28.9 Å². The predicted octanol–water partition coefficient (Wildman–Crippen LogP) is 7.12. The molecule has 1 amide bonds. The Kier molecular flexibility index (Phi) is 7.33. The third kappa shape index (κ3) is 5.06. The van der Waals surface area contributed by atoms with Gasteiger partial charge in [-0.05, 0) is 67.1 Å². The first-order valence-electron chi connectivity index (χ1n) is 13.3. The van der Waals surface area contributed by atoms with Gasteiger partial charge in [-0.2, -0.15) is 0 Å². The minimum atomic E-state index is -0.970. The van der Waals surface area contributed by atoms with Gasteiger partial charge in [0.05, 0.1) is 35.5 Å². The van der Waals surface area contributed by atoms with E-state index < -0.39 is 17.7 Å². The molecule has 1 aromatic heterocycles. The Labute approximate surface area is 246 Å². The zero-order valence-corrected chi connectivity index (χ0v) is 23.6. The lowest BCUT2D eigenvalue weighted by Gasteiger charge is -2.23. The molecular weight excluding hydrogens is 552 g/mol. The molecule has 0 radical (unpaired) electrons. The highest BCUT2D eigenvalue weighted by Crippen LogP contribution is 2.45. The summed E-state index contributed by atoms with van der Waals surface area (Å²) in [5.41, 5.74) is 1.52. The van der Waals surface area contributed by atoms with Gasteiger partial charge in [-0.15, -0.1) is 0 Å². The van der Waals surface area contributed by atoms with Crippen LogP contribution in [0.3, 0.4) is 0 Å². The number of aliphatic hydroxyl groups excluding tert-OH is 1. The van der Waals surface area contributed by atoms with Gasteiger partial charge in [0.2, 0.25) is 0 Å². The van der Waals surface area contributed by atoms with Gasteiger partial charge in [0.15, 0.2) is 5.13 Å². The Morgan fingerprint density at radius 1 is 0.881 bits per heavy atom. The van der Waals surface area contributed by atoms with Crippen LogP contribution < -0.4 is 19.1 Å². The number of thiazole rings is 1. The van der Waals surface area contributed by atoms with Crippen LogP contribution in [-0.2, 0) is 9.59 Å². The summed E-state index contributed by atoms with van der Waals surface area (Å²) in [4.78, 5) is 33.4. The van der Waals surface area contributed by atoms with Gasteiger partial charge in [-0.25, -0.2) is 4.98 Å². The van der Waals surface area contributed by atoms with Gasteiger partial charge >= 0.3 is 5.91 Å². The topological polar surface area (TPSA) is 98.2 Å². The van der Waals surface area contributed by atoms with Crippen molar-refractivity contribution in [3.8, 4) is 23.0 Å². The molecule has 9 heteroatoms. The first-order valence-corrected chi connectivity index (χ1v) is 14.1. The van der Waals surface area contributed by atoms with Crippen molar-refractivity contribution in [2.75, 3.05) is 18.6 Å². The predicted molar refractivity (Wildman–Crippen MR) is 162 cm³/mol. The molecule has 1 unspecified atom stereocenters. The molecule has 0 spiro atoms. The van der Waals surface area contributed by atoms with Crippen LogP contribution in [0.4, 0.5) is 5.13 Å². The van der Waals surface area contributed by atoms with Crippen LogP contribution in [0.2, 0.25) is 0 Å². The Morgan fingerprint density at radius 2 is 1.64 bits per heavy atom. The summed E-state index contributed by atoms with van der Waals surface area (Å²) in [6, 6.07) is 27.6. The lowest BCUT2D eigenvalue weighted by molar-refractivity contribution is -0.132. The summed E-state index contributed by atoms with van der Waals surface area (Å²) in [5, 5.41) is 11.8. The van der Waals surface area contributed by atoms with Crippen LogP contribution in [0.5, 0.6) is 23.0 Å². The van der Waals surface area contributed by atoms with E-state index in [2.05, 4.69) is 0 Å². The molecule has 1 aliphatic heterocycles. The largest absolute Gasteiger partial charge is 0.507 e. The number of amides is 1. The van der Waals surface area contributed by atoms with Crippen LogP contribution in [0.15, 0.2) is 103 Å². The number of para-hydroxylation sites is 1. The maximum Gasteiger partial charge on any atom is 0.301 e. The van der Waals surface area contributed by atoms with Crippen LogP contribution >= 0.6 is 11.3 Å². The van der Waals surface area contributed by atoms with Crippen molar-refractivity contribution in [2.24, 2.45) is 0 Å². The highest BCUT2D eigenvalue weighted by Gasteiger charge is 2.48. The fourth-order valence-corrected chi connectivity index (χ4v) is 5.92. The number of carbonyl (C=O) groups excluding carboxylic acids is 2. The number of Topliss-reactive ketones (excluding diaryl/α,β-unsaturated/α-hetero) is 1. The molecule has 1 N–H and O–H groups in total. The average molecular weight is 579 g/mol. The van der Waals surface area contributed by atoms with Crippen molar-refractivity contribution in [1.29, 1.82) is 0 Å². The molecular formula is C33H26N2O6S. The molecule has 5 aromatic rings. The lowest BCUT2D eigenvalue weighted by Crippen LogP contribution is -2.29. The molecule has 1 fully saturated rings. The molecule has 1 saturated heterocycles. The molecule has 42 heavy (non-hydrogen) atoms. The molecule has 1 atom stereocenters. The molecule has 210 valence electrons. The van der Waals surface area contributed by atoms with E-state index in [-0.39, 0.29) is 11.3 Å². The highest BCUT2D eigenvalue weighted by molar-refractivity contribution is 7.22. The second kappa shape index (κ2) is 11.4. The number of fused-ring (bicyclic) bond motifs is 1. The van der Waals surface area contributed by atoms with E-state index in [1.54, 1.807) is 48.5 Å². The van der Waals surface area contributed by atoms with Crippen molar-refractivity contribution >= 4 is 44.1 Å². The number of ketones is 1. The van der Waals surface area contributed by atoms with E-state index >= 15 is 0 Å². The molecule has 0 bridgehead atoms. The summed E-state index contributed by atoms with van der Waals surface area (Å²) in [5.74, 6) is 0.412. The fraction of sp³-hybridized carbons (Fsp3) is 0.121. The maximum atomic E-state index is 13.7. The number of rotatable bonds is 8. The monoisotopic (exact) mass is 578 g/mol. The molecule has 4 aromatic carbocycles. The standard InChI is InChI=1S/C33H26N2O6S/c1-3-40-24-15-16-26-27(19-24)42-33(34-26)35-29(20-9-7-14-25(17-20)41-22-11-5-4-6-12-22)28(31(37)32(35)38)30(36)21-10-8-13-23(18-21)39-2/h4-19,29,36H,3H2,1-2H3. The maximum absolute atomic E-state index is 13.7. The number of hydrogen-bond acceptors (Lipinski definition) is 8. The van der Waals surface area contributed by atoms with Gasteiger partial charge < -0.3 is 19.3 Å². The van der Waals surface area contributed by atoms with Gasteiger partial charge in [0.1, 0.15) is 28.8 Å². The van der Waals surface area contributed by atoms with Crippen molar-refractivity contribution in [3.63, 3.8) is 0 Å². The van der Waals surface area contributed by atoms with Crippen molar-refractivity contribution in [2.45, 2.75) is 13.0 Å². The number of methoxy groups -OCH3 is 1. The number of hydrogen-bond donors (Lipinski definition) is 1. The Balaban J connectivity index is 1.51. The van der Waals surface area contributed by atoms with Gasteiger partial charge in [0.25, 0.3) is 5.78 Å². The Morgan fingerprint density at radius 3 is 2.43 bits per heavy atom. The van der Waals surface area contributed by atoms with Gasteiger partial charge in [-0.3, -0.25) is 14.5 Å². The third-order valence-corrected chi connectivity index (χ3v) is 7.82. The van der Waals surface area contributed by atoms with E-state index in [0.29, 0.717) is 51.4 Å². The first kappa shape index (κ1) is 27.0. The van der Waals surface area contributed by atoms with Crippen molar-refractivity contribution in [1.82, 2.24) is 4.98 Å². The van der Waals surface area contributed by atoms with E-state index in [0.717, 1.165) is 4.70 Å². The Hall–Kier alpha value is -5.15. The minimum absolute atomic E-state index is 0.0561.